The molecule has 0 aliphatic rings. The SMILES string of the molecule is COC(=O)CCNCc1nccn1C(F)F. The van der Waals surface area contributed by atoms with Crippen molar-refractivity contribution in [2.45, 2.75) is 19.5 Å². The minimum absolute atomic E-state index is 0.189. The summed E-state index contributed by atoms with van der Waals surface area (Å²) in [5.41, 5.74) is 0. The molecule has 0 saturated carbocycles. The van der Waals surface area contributed by atoms with Gasteiger partial charge in [0.1, 0.15) is 5.82 Å². The lowest BCUT2D eigenvalue weighted by molar-refractivity contribution is -0.140. The number of carbonyl (C=O) groups excluding carboxylic acids is 1. The van der Waals surface area contributed by atoms with Crippen LogP contribution in [-0.2, 0) is 16.1 Å². The lowest BCUT2D eigenvalue weighted by Crippen LogP contribution is -2.21. The van der Waals surface area contributed by atoms with Gasteiger partial charge in [-0.05, 0) is 0 Å². The Kier molecular flexibility index (Phi) is 4.84. The van der Waals surface area contributed by atoms with Crippen molar-refractivity contribution < 1.29 is 18.3 Å². The summed E-state index contributed by atoms with van der Waals surface area (Å²) in [6, 6.07) is 0. The van der Waals surface area contributed by atoms with Gasteiger partial charge in [-0.2, -0.15) is 8.78 Å². The van der Waals surface area contributed by atoms with Crippen molar-refractivity contribution in [2.75, 3.05) is 13.7 Å². The molecule has 1 heterocycles. The van der Waals surface area contributed by atoms with Crippen LogP contribution in [0.15, 0.2) is 12.4 Å². The van der Waals surface area contributed by atoms with Crippen molar-refractivity contribution in [3.63, 3.8) is 0 Å². The van der Waals surface area contributed by atoms with E-state index in [9.17, 15) is 13.6 Å². The average Bonchev–Trinajstić information content (AvgIpc) is 2.72. The largest absolute Gasteiger partial charge is 0.469 e. The molecule has 0 atom stereocenters. The molecular weight excluding hydrogens is 220 g/mol. The van der Waals surface area contributed by atoms with E-state index in [1.165, 1.54) is 19.5 Å². The first-order valence-electron chi connectivity index (χ1n) is 4.72. The topological polar surface area (TPSA) is 56.1 Å². The monoisotopic (exact) mass is 233 g/mol. The van der Waals surface area contributed by atoms with E-state index in [0.29, 0.717) is 6.54 Å². The number of halogens is 2. The standard InChI is InChI=1S/C9H13F2N3O2/c1-16-8(15)2-3-12-6-7-13-4-5-14(7)9(10)11/h4-5,9,12H,2-3,6H2,1H3. The van der Waals surface area contributed by atoms with Gasteiger partial charge in [0.05, 0.1) is 20.1 Å². The maximum absolute atomic E-state index is 12.4. The molecule has 5 nitrogen and oxygen atoms in total. The van der Waals surface area contributed by atoms with E-state index in [4.69, 9.17) is 0 Å². The van der Waals surface area contributed by atoms with E-state index in [2.05, 4.69) is 15.0 Å². The van der Waals surface area contributed by atoms with E-state index in [0.717, 1.165) is 4.57 Å². The van der Waals surface area contributed by atoms with Crippen molar-refractivity contribution in [3.8, 4) is 0 Å². The number of ether oxygens (including phenoxy) is 1. The summed E-state index contributed by atoms with van der Waals surface area (Å²) in [6.07, 6.45) is 2.72. The lowest BCUT2D eigenvalue weighted by Gasteiger charge is -2.07. The van der Waals surface area contributed by atoms with Crippen LogP contribution in [0.25, 0.3) is 0 Å². The Bertz CT molecular complexity index is 341. The predicted molar refractivity (Wildman–Crippen MR) is 51.8 cm³/mol. The van der Waals surface area contributed by atoms with Crippen molar-refractivity contribution in [2.24, 2.45) is 0 Å². The fourth-order valence-corrected chi connectivity index (χ4v) is 1.15. The number of hydrogen-bond donors (Lipinski definition) is 1. The maximum Gasteiger partial charge on any atom is 0.319 e. The number of nitrogens with zero attached hydrogens (tertiary/aromatic N) is 2. The molecule has 1 rings (SSSR count). The van der Waals surface area contributed by atoms with Crippen molar-refractivity contribution in [3.05, 3.63) is 18.2 Å². The summed E-state index contributed by atoms with van der Waals surface area (Å²) < 4.78 is 29.9. The van der Waals surface area contributed by atoms with Crippen molar-refractivity contribution in [1.82, 2.24) is 14.9 Å². The van der Waals surface area contributed by atoms with Gasteiger partial charge in [0.25, 0.3) is 0 Å². The first-order chi connectivity index (χ1) is 7.65. The van der Waals surface area contributed by atoms with Crippen molar-refractivity contribution in [1.29, 1.82) is 0 Å². The minimum atomic E-state index is -2.60. The molecule has 0 aliphatic heterocycles. The lowest BCUT2D eigenvalue weighted by atomic mass is 10.4. The third-order valence-corrected chi connectivity index (χ3v) is 1.98. The first-order valence-corrected chi connectivity index (χ1v) is 4.72. The number of imidazole rings is 1. The highest BCUT2D eigenvalue weighted by Gasteiger charge is 2.10. The summed E-state index contributed by atoms with van der Waals surface area (Å²) >= 11 is 0. The molecule has 90 valence electrons. The fraction of sp³-hybridized carbons (Fsp3) is 0.556. The number of aromatic nitrogens is 2. The molecule has 0 amide bonds. The molecule has 0 unspecified atom stereocenters. The number of carbonyl (C=O) groups is 1. The second-order valence-electron chi connectivity index (χ2n) is 3.03. The number of rotatable bonds is 6. The molecule has 0 radical (unpaired) electrons. The van der Waals surface area contributed by atoms with Crippen LogP contribution in [0.3, 0.4) is 0 Å². The fourth-order valence-electron chi connectivity index (χ4n) is 1.15. The number of methoxy groups -OCH3 is 1. The van der Waals surface area contributed by atoms with Gasteiger partial charge in [-0.25, -0.2) is 4.98 Å². The third kappa shape index (κ3) is 3.58. The first kappa shape index (κ1) is 12.6. The molecule has 16 heavy (non-hydrogen) atoms. The van der Waals surface area contributed by atoms with Crippen LogP contribution < -0.4 is 5.32 Å². The maximum atomic E-state index is 12.4. The molecule has 0 spiro atoms. The summed E-state index contributed by atoms with van der Waals surface area (Å²) in [5, 5.41) is 2.83. The van der Waals surface area contributed by atoms with Gasteiger partial charge in [0.2, 0.25) is 0 Å². The zero-order chi connectivity index (χ0) is 12.0. The van der Waals surface area contributed by atoms with Gasteiger partial charge >= 0.3 is 12.5 Å². The zero-order valence-corrected chi connectivity index (χ0v) is 8.82. The summed E-state index contributed by atoms with van der Waals surface area (Å²) in [6.45, 7) is -2.04. The van der Waals surface area contributed by atoms with E-state index in [1.54, 1.807) is 0 Å². The molecule has 0 bridgehead atoms. The molecule has 0 aromatic carbocycles. The molecule has 0 fully saturated rings. The summed E-state index contributed by atoms with van der Waals surface area (Å²) in [4.78, 5) is 14.5. The van der Waals surface area contributed by atoms with E-state index >= 15 is 0 Å². The van der Waals surface area contributed by atoms with Crippen LogP contribution in [0, 0.1) is 0 Å². The van der Waals surface area contributed by atoms with Gasteiger partial charge in [-0.1, -0.05) is 0 Å². The molecule has 7 heteroatoms. The zero-order valence-electron chi connectivity index (χ0n) is 8.82. The third-order valence-electron chi connectivity index (χ3n) is 1.98. The smallest absolute Gasteiger partial charge is 0.319 e. The normalized spacial score (nSPS) is 10.8. The average molecular weight is 233 g/mol. The summed E-state index contributed by atoms with van der Waals surface area (Å²) in [5.74, 6) is -0.107. The highest BCUT2D eigenvalue weighted by atomic mass is 19.3. The molecule has 1 aromatic rings. The molecule has 0 aliphatic carbocycles. The van der Waals surface area contributed by atoms with Crippen LogP contribution >= 0.6 is 0 Å². The van der Waals surface area contributed by atoms with Crippen LogP contribution in [-0.4, -0.2) is 29.2 Å². The Hall–Kier alpha value is -1.50. The van der Waals surface area contributed by atoms with Gasteiger partial charge in [0.15, 0.2) is 0 Å². The number of alkyl halides is 2. The Balaban J connectivity index is 2.32. The van der Waals surface area contributed by atoms with E-state index < -0.39 is 6.55 Å². The molecule has 1 N–H and O–H groups in total. The van der Waals surface area contributed by atoms with Gasteiger partial charge in [-0.15, -0.1) is 0 Å². The Labute approximate surface area is 91.4 Å². The predicted octanol–water partition coefficient (Wildman–Crippen LogP) is 0.931. The Morgan fingerprint density at radius 3 is 3.06 bits per heavy atom. The van der Waals surface area contributed by atoms with E-state index in [-0.39, 0.29) is 24.8 Å². The molecule has 1 aromatic heterocycles. The highest BCUT2D eigenvalue weighted by molar-refractivity contribution is 5.69. The Morgan fingerprint density at radius 1 is 1.69 bits per heavy atom. The van der Waals surface area contributed by atoms with Gasteiger partial charge < -0.3 is 10.1 Å². The van der Waals surface area contributed by atoms with Crippen LogP contribution in [0.1, 0.15) is 18.8 Å². The molecule has 0 saturated heterocycles. The second kappa shape index (κ2) is 6.16. The number of esters is 1. The van der Waals surface area contributed by atoms with Crippen LogP contribution in [0.5, 0.6) is 0 Å². The second-order valence-corrected chi connectivity index (χ2v) is 3.03. The quantitative estimate of drug-likeness (QED) is 0.586. The minimum Gasteiger partial charge on any atom is -0.469 e. The van der Waals surface area contributed by atoms with E-state index in [1.807, 2.05) is 0 Å². The van der Waals surface area contributed by atoms with Crippen molar-refractivity contribution >= 4 is 5.97 Å². The van der Waals surface area contributed by atoms with Crippen LogP contribution in [0.2, 0.25) is 0 Å². The van der Waals surface area contributed by atoms with Crippen LogP contribution in [0.4, 0.5) is 8.78 Å². The Morgan fingerprint density at radius 2 is 2.44 bits per heavy atom. The van der Waals surface area contributed by atoms with Gasteiger partial charge in [-0.3, -0.25) is 9.36 Å². The highest BCUT2D eigenvalue weighted by Crippen LogP contribution is 2.11. The molecular formula is C9H13F2N3O2. The van der Waals surface area contributed by atoms with Gasteiger partial charge in [0, 0.05) is 18.9 Å². The summed E-state index contributed by atoms with van der Waals surface area (Å²) in [7, 11) is 1.30. The number of hydrogen-bond acceptors (Lipinski definition) is 4. The number of nitrogens with one attached hydrogen (secondary N) is 1.